The quantitative estimate of drug-likeness (QED) is 0.554. The highest BCUT2D eigenvalue weighted by atomic mass is 16.6. The first kappa shape index (κ1) is 15.9. The highest BCUT2D eigenvalue weighted by Gasteiger charge is 2.36. The van der Waals surface area contributed by atoms with Crippen LogP contribution in [0.15, 0.2) is 12.3 Å². The summed E-state index contributed by atoms with van der Waals surface area (Å²) in [5.74, 6) is -1.79. The Morgan fingerprint density at radius 2 is 2.18 bits per heavy atom. The molecule has 0 saturated carbocycles. The third kappa shape index (κ3) is 4.01. The summed E-state index contributed by atoms with van der Waals surface area (Å²) in [5, 5.41) is 25.9. The molecule has 1 amide bonds. The van der Waals surface area contributed by atoms with Gasteiger partial charge in [0.1, 0.15) is 6.54 Å². The van der Waals surface area contributed by atoms with Crippen LogP contribution in [0.4, 0.5) is 5.82 Å². The minimum atomic E-state index is -1.00. The van der Waals surface area contributed by atoms with E-state index in [9.17, 15) is 19.7 Å². The molecule has 2 rings (SSSR count). The van der Waals surface area contributed by atoms with Gasteiger partial charge in [-0.25, -0.2) is 0 Å². The second kappa shape index (κ2) is 6.52. The molecule has 0 bridgehead atoms. The van der Waals surface area contributed by atoms with Crippen molar-refractivity contribution in [3.05, 3.63) is 22.4 Å². The first-order valence-electron chi connectivity index (χ1n) is 6.69. The van der Waals surface area contributed by atoms with Gasteiger partial charge in [0.15, 0.2) is 0 Å². The van der Waals surface area contributed by atoms with Gasteiger partial charge >= 0.3 is 11.8 Å². The summed E-state index contributed by atoms with van der Waals surface area (Å²) in [5.41, 5.74) is -0.847. The standard InChI is InChI=1S/C12H16N4O6/c17-10(8-15-4-1-9(14-15)16(20)21)13-12(7-11(18)19)2-5-22-6-3-12/h1,4H,2-3,5-8H2,(H,13,17)(H,18,19). The molecule has 120 valence electrons. The van der Waals surface area contributed by atoms with E-state index in [0.29, 0.717) is 26.1 Å². The molecule has 0 unspecified atom stereocenters. The molecule has 0 aromatic carbocycles. The average molecular weight is 312 g/mol. The van der Waals surface area contributed by atoms with Crippen LogP contribution in [0.25, 0.3) is 0 Å². The Hall–Kier alpha value is -2.49. The summed E-state index contributed by atoms with van der Waals surface area (Å²) in [6, 6.07) is 1.19. The predicted octanol–water partition coefficient (Wildman–Crippen LogP) is -0.0686. The smallest absolute Gasteiger partial charge is 0.389 e. The number of nitrogens with one attached hydrogen (secondary N) is 1. The van der Waals surface area contributed by atoms with Crippen molar-refractivity contribution in [3.63, 3.8) is 0 Å². The van der Waals surface area contributed by atoms with Gasteiger partial charge < -0.3 is 25.3 Å². The Morgan fingerprint density at radius 3 is 2.73 bits per heavy atom. The fraction of sp³-hybridized carbons (Fsp3) is 0.583. The van der Waals surface area contributed by atoms with Crippen LogP contribution in [0.5, 0.6) is 0 Å². The lowest BCUT2D eigenvalue weighted by Gasteiger charge is -2.36. The van der Waals surface area contributed by atoms with Gasteiger partial charge in [-0.15, -0.1) is 0 Å². The van der Waals surface area contributed by atoms with Crippen LogP contribution in [0.2, 0.25) is 0 Å². The van der Waals surface area contributed by atoms with Crippen molar-refractivity contribution in [3.8, 4) is 0 Å². The highest BCUT2D eigenvalue weighted by molar-refractivity contribution is 5.78. The fourth-order valence-electron chi connectivity index (χ4n) is 2.42. The Labute approximate surface area is 125 Å². The molecule has 1 aliphatic rings. The Bertz CT molecular complexity index is 578. The minimum Gasteiger partial charge on any atom is -0.481 e. The van der Waals surface area contributed by atoms with Crippen LogP contribution >= 0.6 is 0 Å². The number of carboxylic acids is 1. The van der Waals surface area contributed by atoms with Crippen molar-refractivity contribution in [1.82, 2.24) is 15.1 Å². The lowest BCUT2D eigenvalue weighted by molar-refractivity contribution is -0.389. The zero-order valence-corrected chi connectivity index (χ0v) is 11.7. The largest absolute Gasteiger partial charge is 0.481 e. The maximum atomic E-state index is 12.1. The Morgan fingerprint density at radius 1 is 1.50 bits per heavy atom. The zero-order valence-electron chi connectivity index (χ0n) is 11.7. The average Bonchev–Trinajstić information content (AvgIpc) is 2.86. The van der Waals surface area contributed by atoms with Gasteiger partial charge in [0.25, 0.3) is 0 Å². The van der Waals surface area contributed by atoms with Crippen molar-refractivity contribution in [1.29, 1.82) is 0 Å². The topological polar surface area (TPSA) is 137 Å². The number of amides is 1. The number of nitrogens with zero attached hydrogens (tertiary/aromatic N) is 3. The van der Waals surface area contributed by atoms with Gasteiger partial charge in [-0.1, -0.05) is 0 Å². The van der Waals surface area contributed by atoms with Crippen LogP contribution in [0.3, 0.4) is 0 Å². The summed E-state index contributed by atoms with van der Waals surface area (Å²) in [6.07, 6.45) is 1.95. The predicted molar refractivity (Wildman–Crippen MR) is 72.1 cm³/mol. The number of carbonyl (C=O) groups excluding carboxylic acids is 1. The fourth-order valence-corrected chi connectivity index (χ4v) is 2.42. The van der Waals surface area contributed by atoms with Gasteiger partial charge in [0.2, 0.25) is 5.91 Å². The van der Waals surface area contributed by atoms with E-state index < -0.39 is 22.3 Å². The van der Waals surface area contributed by atoms with E-state index in [1.54, 1.807) is 0 Å². The third-order valence-corrected chi connectivity index (χ3v) is 3.46. The SMILES string of the molecule is O=C(O)CC1(NC(=O)Cn2ccc([N+](=O)[O-])n2)CCOCC1. The normalized spacial score (nSPS) is 16.9. The Kier molecular flexibility index (Phi) is 4.71. The molecule has 1 fully saturated rings. The van der Waals surface area contributed by atoms with Gasteiger partial charge in [0, 0.05) is 13.2 Å². The third-order valence-electron chi connectivity index (χ3n) is 3.46. The number of carboxylic acid groups (broad SMARTS) is 1. The molecule has 10 heteroatoms. The Balaban J connectivity index is 2.01. The van der Waals surface area contributed by atoms with Gasteiger partial charge in [-0.3, -0.25) is 9.59 Å². The number of ether oxygens (including phenoxy) is 1. The summed E-state index contributed by atoms with van der Waals surface area (Å²) >= 11 is 0. The number of rotatable bonds is 6. The van der Waals surface area contributed by atoms with E-state index in [1.165, 1.54) is 12.3 Å². The van der Waals surface area contributed by atoms with Crippen molar-refractivity contribution in [2.45, 2.75) is 31.3 Å². The minimum absolute atomic E-state index is 0.193. The second-order valence-electron chi connectivity index (χ2n) is 5.14. The summed E-state index contributed by atoms with van der Waals surface area (Å²) in [7, 11) is 0. The van der Waals surface area contributed by atoms with E-state index in [2.05, 4.69) is 10.4 Å². The van der Waals surface area contributed by atoms with Crippen molar-refractivity contribution in [2.24, 2.45) is 0 Å². The van der Waals surface area contributed by atoms with Crippen LogP contribution < -0.4 is 5.32 Å². The molecule has 1 aromatic heterocycles. The molecular weight excluding hydrogens is 296 g/mol. The van der Waals surface area contributed by atoms with Crippen LogP contribution in [-0.2, 0) is 20.9 Å². The lowest BCUT2D eigenvalue weighted by atomic mass is 9.86. The molecule has 0 atom stereocenters. The molecular formula is C12H16N4O6. The van der Waals surface area contributed by atoms with Crippen molar-refractivity contribution in [2.75, 3.05) is 13.2 Å². The molecule has 0 spiro atoms. The van der Waals surface area contributed by atoms with Gasteiger partial charge in [-0.05, 0) is 17.8 Å². The second-order valence-corrected chi connectivity index (χ2v) is 5.14. The molecule has 10 nitrogen and oxygen atoms in total. The highest BCUT2D eigenvalue weighted by Crippen LogP contribution is 2.24. The van der Waals surface area contributed by atoms with E-state index in [4.69, 9.17) is 9.84 Å². The molecule has 1 aliphatic heterocycles. The summed E-state index contributed by atoms with van der Waals surface area (Å²) in [6.45, 7) is 0.539. The molecule has 0 aliphatic carbocycles. The van der Waals surface area contributed by atoms with Crippen LogP contribution in [0.1, 0.15) is 19.3 Å². The van der Waals surface area contributed by atoms with Gasteiger partial charge in [0.05, 0.1) is 29.3 Å². The number of hydrogen-bond acceptors (Lipinski definition) is 6. The van der Waals surface area contributed by atoms with E-state index in [-0.39, 0.29) is 18.8 Å². The van der Waals surface area contributed by atoms with E-state index >= 15 is 0 Å². The number of hydrogen-bond donors (Lipinski definition) is 2. The number of nitro groups is 1. The number of aliphatic carboxylic acids is 1. The maximum Gasteiger partial charge on any atom is 0.389 e. The van der Waals surface area contributed by atoms with Gasteiger partial charge in [-0.2, -0.15) is 4.68 Å². The maximum absolute atomic E-state index is 12.1. The summed E-state index contributed by atoms with van der Waals surface area (Å²) < 4.78 is 6.34. The van der Waals surface area contributed by atoms with Crippen molar-refractivity contribution < 1.29 is 24.4 Å². The molecule has 2 heterocycles. The number of aromatic nitrogens is 2. The molecule has 1 saturated heterocycles. The van der Waals surface area contributed by atoms with Crippen molar-refractivity contribution >= 4 is 17.7 Å². The molecule has 2 N–H and O–H groups in total. The van der Waals surface area contributed by atoms with Crippen LogP contribution in [0, 0.1) is 10.1 Å². The monoisotopic (exact) mass is 312 g/mol. The van der Waals surface area contributed by atoms with E-state index in [0.717, 1.165) is 4.68 Å². The molecule has 22 heavy (non-hydrogen) atoms. The number of carbonyl (C=O) groups is 2. The molecule has 1 aromatic rings. The zero-order chi connectivity index (χ0) is 16.2. The van der Waals surface area contributed by atoms with Crippen LogP contribution in [-0.4, -0.2) is 50.4 Å². The van der Waals surface area contributed by atoms with E-state index in [1.807, 2.05) is 0 Å². The molecule has 0 radical (unpaired) electrons. The summed E-state index contributed by atoms with van der Waals surface area (Å²) in [4.78, 5) is 33.0. The lowest BCUT2D eigenvalue weighted by Crippen LogP contribution is -2.54. The first-order valence-corrected chi connectivity index (χ1v) is 6.69. The first-order chi connectivity index (χ1) is 10.4.